The molecule has 0 atom stereocenters. The van der Waals surface area contributed by atoms with Crippen molar-refractivity contribution in [3.63, 3.8) is 0 Å². The van der Waals surface area contributed by atoms with E-state index in [1.807, 2.05) is 6.07 Å². The molecule has 0 aliphatic rings. The fourth-order valence-corrected chi connectivity index (χ4v) is 1.53. The Hall–Kier alpha value is -1.58. The molecule has 1 aromatic rings. The highest BCUT2D eigenvalue weighted by Crippen LogP contribution is 2.09. The maximum absolute atomic E-state index is 11.9. The fourth-order valence-electron chi connectivity index (χ4n) is 1.53. The van der Waals surface area contributed by atoms with Gasteiger partial charge in [0.1, 0.15) is 5.82 Å². The molecule has 17 heavy (non-hydrogen) atoms. The Labute approximate surface area is 103 Å². The van der Waals surface area contributed by atoms with E-state index >= 15 is 0 Å². The number of rotatable bonds is 5. The second-order valence-electron chi connectivity index (χ2n) is 4.63. The summed E-state index contributed by atoms with van der Waals surface area (Å²) in [6.45, 7) is 6.86. The third-order valence-electron chi connectivity index (χ3n) is 2.34. The summed E-state index contributed by atoms with van der Waals surface area (Å²) in [6, 6.07) is 3.43. The molecule has 1 amide bonds. The lowest BCUT2D eigenvalue weighted by Crippen LogP contribution is -2.27. The average Bonchev–Trinajstić information content (AvgIpc) is 2.25. The van der Waals surface area contributed by atoms with E-state index in [9.17, 15) is 4.79 Å². The first-order valence-corrected chi connectivity index (χ1v) is 6.07. The predicted octanol–water partition coefficient (Wildman–Crippen LogP) is 2.00. The van der Waals surface area contributed by atoms with Crippen molar-refractivity contribution in [2.75, 3.05) is 12.3 Å². The summed E-state index contributed by atoms with van der Waals surface area (Å²) in [5, 5.41) is 2.87. The molecule has 1 rings (SSSR count). The van der Waals surface area contributed by atoms with Crippen molar-refractivity contribution in [3.05, 3.63) is 23.4 Å². The van der Waals surface area contributed by atoms with Crippen LogP contribution in [0.4, 0.5) is 5.82 Å². The highest BCUT2D eigenvalue weighted by Gasteiger charge is 2.08. The standard InChI is InChI=1S/C13H21N3O/c1-4-5-11-6-10(7-12(14)16-11)13(17)15-8-9(2)3/h6-7,9H,4-5,8H2,1-3H3,(H2,14,16)(H,15,17). The summed E-state index contributed by atoms with van der Waals surface area (Å²) in [5.74, 6) is 0.768. The van der Waals surface area contributed by atoms with Gasteiger partial charge < -0.3 is 11.1 Å². The number of hydrogen-bond donors (Lipinski definition) is 2. The summed E-state index contributed by atoms with van der Waals surface area (Å²) in [6.07, 6.45) is 1.83. The SMILES string of the molecule is CCCc1cc(C(=O)NCC(C)C)cc(N)n1. The van der Waals surface area contributed by atoms with Crippen molar-refractivity contribution in [2.45, 2.75) is 33.6 Å². The Bertz CT molecular complexity index is 388. The van der Waals surface area contributed by atoms with Crippen molar-refractivity contribution < 1.29 is 4.79 Å². The van der Waals surface area contributed by atoms with Crippen molar-refractivity contribution in [3.8, 4) is 0 Å². The number of amides is 1. The Morgan fingerprint density at radius 3 is 2.76 bits per heavy atom. The van der Waals surface area contributed by atoms with E-state index in [1.165, 1.54) is 0 Å². The number of aromatic nitrogens is 1. The topological polar surface area (TPSA) is 68.0 Å². The third-order valence-corrected chi connectivity index (χ3v) is 2.34. The number of hydrogen-bond acceptors (Lipinski definition) is 3. The molecule has 0 saturated carbocycles. The van der Waals surface area contributed by atoms with Crippen molar-refractivity contribution >= 4 is 11.7 Å². The lowest BCUT2D eigenvalue weighted by molar-refractivity contribution is 0.0949. The summed E-state index contributed by atoms with van der Waals surface area (Å²) in [7, 11) is 0. The average molecular weight is 235 g/mol. The zero-order chi connectivity index (χ0) is 12.8. The number of nitrogens with zero attached hydrogens (tertiary/aromatic N) is 1. The molecule has 0 aliphatic heterocycles. The number of nitrogen functional groups attached to an aromatic ring is 1. The minimum Gasteiger partial charge on any atom is -0.384 e. The zero-order valence-electron chi connectivity index (χ0n) is 10.8. The predicted molar refractivity (Wildman–Crippen MR) is 69.8 cm³/mol. The molecular weight excluding hydrogens is 214 g/mol. The van der Waals surface area contributed by atoms with E-state index in [2.05, 4.69) is 31.1 Å². The minimum atomic E-state index is -0.0786. The second kappa shape index (κ2) is 6.23. The monoisotopic (exact) mass is 235 g/mol. The first kappa shape index (κ1) is 13.5. The van der Waals surface area contributed by atoms with E-state index in [0.717, 1.165) is 18.5 Å². The maximum Gasteiger partial charge on any atom is 0.251 e. The van der Waals surface area contributed by atoms with Gasteiger partial charge in [0.15, 0.2) is 0 Å². The molecule has 1 heterocycles. The quantitative estimate of drug-likeness (QED) is 0.820. The molecule has 0 unspecified atom stereocenters. The first-order valence-electron chi connectivity index (χ1n) is 6.07. The summed E-state index contributed by atoms with van der Waals surface area (Å²) >= 11 is 0. The molecule has 1 aromatic heterocycles. The van der Waals surface area contributed by atoms with Crippen LogP contribution >= 0.6 is 0 Å². The molecule has 0 fully saturated rings. The van der Waals surface area contributed by atoms with Crippen LogP contribution in [0.25, 0.3) is 0 Å². The maximum atomic E-state index is 11.9. The number of carbonyl (C=O) groups excluding carboxylic acids is 1. The normalized spacial score (nSPS) is 10.6. The second-order valence-corrected chi connectivity index (χ2v) is 4.63. The molecular formula is C13H21N3O. The molecule has 0 spiro atoms. The Balaban J connectivity index is 2.78. The van der Waals surface area contributed by atoms with Gasteiger partial charge in [0.25, 0.3) is 5.91 Å². The number of nitrogens with two attached hydrogens (primary N) is 1. The van der Waals surface area contributed by atoms with E-state index in [1.54, 1.807) is 6.07 Å². The van der Waals surface area contributed by atoms with Crippen LogP contribution in [0.1, 0.15) is 43.2 Å². The van der Waals surface area contributed by atoms with E-state index < -0.39 is 0 Å². The molecule has 0 bridgehead atoms. The number of nitrogens with one attached hydrogen (secondary N) is 1. The number of anilines is 1. The Morgan fingerprint density at radius 1 is 1.47 bits per heavy atom. The van der Waals surface area contributed by atoms with Gasteiger partial charge in [0, 0.05) is 17.8 Å². The molecule has 4 heteroatoms. The lowest BCUT2D eigenvalue weighted by Gasteiger charge is -2.09. The van der Waals surface area contributed by atoms with Gasteiger partial charge in [-0.2, -0.15) is 0 Å². The van der Waals surface area contributed by atoms with Crippen LogP contribution in [-0.2, 0) is 6.42 Å². The van der Waals surface area contributed by atoms with Crippen LogP contribution in [0.15, 0.2) is 12.1 Å². The number of carbonyl (C=O) groups is 1. The van der Waals surface area contributed by atoms with E-state index in [4.69, 9.17) is 5.73 Å². The van der Waals surface area contributed by atoms with Gasteiger partial charge in [-0.1, -0.05) is 27.2 Å². The highest BCUT2D eigenvalue weighted by atomic mass is 16.1. The van der Waals surface area contributed by atoms with Gasteiger partial charge >= 0.3 is 0 Å². The van der Waals surface area contributed by atoms with Crippen molar-refractivity contribution in [1.29, 1.82) is 0 Å². The van der Waals surface area contributed by atoms with Gasteiger partial charge in [0.05, 0.1) is 0 Å². The van der Waals surface area contributed by atoms with Gasteiger partial charge in [-0.3, -0.25) is 4.79 Å². The molecule has 0 aliphatic carbocycles. The van der Waals surface area contributed by atoms with Crippen LogP contribution in [0.2, 0.25) is 0 Å². The molecule has 94 valence electrons. The minimum absolute atomic E-state index is 0.0786. The van der Waals surface area contributed by atoms with E-state index in [0.29, 0.717) is 23.8 Å². The molecule has 3 N–H and O–H groups in total. The smallest absolute Gasteiger partial charge is 0.251 e. The van der Waals surface area contributed by atoms with Gasteiger partial charge in [-0.15, -0.1) is 0 Å². The summed E-state index contributed by atoms with van der Waals surface area (Å²) < 4.78 is 0. The largest absolute Gasteiger partial charge is 0.384 e. The summed E-state index contributed by atoms with van der Waals surface area (Å²) in [4.78, 5) is 16.1. The zero-order valence-corrected chi connectivity index (χ0v) is 10.8. The van der Waals surface area contributed by atoms with Crippen LogP contribution in [0.5, 0.6) is 0 Å². The molecule has 0 aromatic carbocycles. The molecule has 0 radical (unpaired) electrons. The van der Waals surface area contributed by atoms with Gasteiger partial charge in [-0.25, -0.2) is 4.98 Å². The highest BCUT2D eigenvalue weighted by molar-refractivity contribution is 5.94. The number of aryl methyl sites for hydroxylation is 1. The lowest BCUT2D eigenvalue weighted by atomic mass is 10.1. The Morgan fingerprint density at radius 2 is 2.18 bits per heavy atom. The van der Waals surface area contributed by atoms with Crippen LogP contribution in [0.3, 0.4) is 0 Å². The van der Waals surface area contributed by atoms with Crippen LogP contribution in [0, 0.1) is 5.92 Å². The Kier molecular flexibility index (Phi) is 4.94. The molecule has 4 nitrogen and oxygen atoms in total. The first-order chi connectivity index (χ1) is 8.02. The van der Waals surface area contributed by atoms with Crippen molar-refractivity contribution in [1.82, 2.24) is 10.3 Å². The number of pyridine rings is 1. The van der Waals surface area contributed by atoms with Gasteiger partial charge in [0.2, 0.25) is 0 Å². The third kappa shape index (κ3) is 4.43. The van der Waals surface area contributed by atoms with Crippen LogP contribution in [-0.4, -0.2) is 17.4 Å². The summed E-state index contributed by atoms with van der Waals surface area (Å²) in [5.41, 5.74) is 7.17. The van der Waals surface area contributed by atoms with E-state index in [-0.39, 0.29) is 5.91 Å². The molecule has 0 saturated heterocycles. The van der Waals surface area contributed by atoms with Gasteiger partial charge in [-0.05, 0) is 24.5 Å². The van der Waals surface area contributed by atoms with Crippen molar-refractivity contribution in [2.24, 2.45) is 5.92 Å². The fraction of sp³-hybridized carbons (Fsp3) is 0.538. The van der Waals surface area contributed by atoms with Crippen LogP contribution < -0.4 is 11.1 Å².